The molecule has 0 radical (unpaired) electrons. The highest BCUT2D eigenvalue weighted by atomic mass is 32.2. The van der Waals surface area contributed by atoms with Gasteiger partial charge in [0.1, 0.15) is 0 Å². The highest BCUT2D eigenvalue weighted by Gasteiger charge is 2.26. The van der Waals surface area contributed by atoms with E-state index in [2.05, 4.69) is 16.9 Å². The number of nitrogens with one attached hydrogen (secondary N) is 1. The molecular formula is C21H30N4O2S2. The minimum absolute atomic E-state index is 0.0615. The van der Waals surface area contributed by atoms with Crippen LogP contribution in [0.1, 0.15) is 43.6 Å². The zero-order valence-electron chi connectivity index (χ0n) is 17.6. The van der Waals surface area contributed by atoms with Crippen molar-refractivity contribution in [2.45, 2.75) is 51.2 Å². The SMILES string of the molecule is C=CCN(Cc1cnc(S(=O)(=O)Cc2ccc(C)cc2)n1C(C)C)C(=S)NCC. The van der Waals surface area contributed by atoms with E-state index < -0.39 is 9.84 Å². The lowest BCUT2D eigenvalue weighted by atomic mass is 10.2. The maximum absolute atomic E-state index is 13.1. The number of aryl methyl sites for hydroxylation is 1. The van der Waals surface area contributed by atoms with Crippen LogP contribution >= 0.6 is 12.2 Å². The standard InChI is InChI=1S/C21H30N4O2S2/c1-6-12-24(20(28)22-7-2)14-19-13-23-21(25(19)16(3)4)29(26,27)15-18-10-8-17(5)9-11-18/h6,8-11,13,16H,1,7,12,14-15H2,2-5H3,(H,22,28). The summed E-state index contributed by atoms with van der Waals surface area (Å²) in [7, 11) is -3.59. The first kappa shape index (κ1) is 23.1. The van der Waals surface area contributed by atoms with Gasteiger partial charge in [-0.15, -0.1) is 6.58 Å². The Labute approximate surface area is 179 Å². The molecule has 0 fully saturated rings. The molecule has 0 aliphatic heterocycles. The van der Waals surface area contributed by atoms with Crippen LogP contribution in [0.25, 0.3) is 0 Å². The van der Waals surface area contributed by atoms with Gasteiger partial charge in [-0.1, -0.05) is 35.9 Å². The van der Waals surface area contributed by atoms with Gasteiger partial charge < -0.3 is 14.8 Å². The number of hydrogen-bond donors (Lipinski definition) is 1. The maximum Gasteiger partial charge on any atom is 0.228 e. The lowest BCUT2D eigenvalue weighted by Crippen LogP contribution is -2.39. The fourth-order valence-electron chi connectivity index (χ4n) is 3.08. The molecule has 0 saturated carbocycles. The van der Waals surface area contributed by atoms with Gasteiger partial charge in [0.25, 0.3) is 0 Å². The summed E-state index contributed by atoms with van der Waals surface area (Å²) in [6.07, 6.45) is 3.40. The first-order valence-electron chi connectivity index (χ1n) is 9.67. The molecule has 8 heteroatoms. The Morgan fingerprint density at radius 2 is 2.00 bits per heavy atom. The van der Waals surface area contributed by atoms with Gasteiger partial charge in [-0.3, -0.25) is 0 Å². The summed E-state index contributed by atoms with van der Waals surface area (Å²) < 4.78 is 28.0. The van der Waals surface area contributed by atoms with Crippen LogP contribution in [0.2, 0.25) is 0 Å². The summed E-state index contributed by atoms with van der Waals surface area (Å²) in [6.45, 7) is 13.4. The monoisotopic (exact) mass is 434 g/mol. The molecule has 2 rings (SSSR count). The first-order valence-corrected chi connectivity index (χ1v) is 11.7. The van der Waals surface area contributed by atoms with Gasteiger partial charge in [-0.05, 0) is 45.5 Å². The van der Waals surface area contributed by atoms with Crippen molar-refractivity contribution < 1.29 is 8.42 Å². The third kappa shape index (κ3) is 5.90. The summed E-state index contributed by atoms with van der Waals surface area (Å²) in [4.78, 5) is 6.24. The number of rotatable bonds is 9. The van der Waals surface area contributed by atoms with Gasteiger partial charge in [-0.2, -0.15) is 0 Å². The van der Waals surface area contributed by atoms with Gasteiger partial charge in [0.2, 0.25) is 15.0 Å². The van der Waals surface area contributed by atoms with Gasteiger partial charge in [0, 0.05) is 19.1 Å². The van der Waals surface area contributed by atoms with Crippen molar-refractivity contribution in [3.8, 4) is 0 Å². The highest BCUT2D eigenvalue weighted by molar-refractivity contribution is 7.90. The van der Waals surface area contributed by atoms with Crippen LogP contribution < -0.4 is 5.32 Å². The van der Waals surface area contributed by atoms with Crippen LogP contribution in [-0.2, 0) is 22.1 Å². The molecule has 0 spiro atoms. The van der Waals surface area contributed by atoms with E-state index in [1.54, 1.807) is 16.8 Å². The normalized spacial score (nSPS) is 11.5. The Morgan fingerprint density at radius 1 is 1.34 bits per heavy atom. The molecular weight excluding hydrogens is 404 g/mol. The van der Waals surface area contributed by atoms with Crippen molar-refractivity contribution in [2.75, 3.05) is 13.1 Å². The van der Waals surface area contributed by atoms with Gasteiger partial charge in [0.15, 0.2) is 5.11 Å². The van der Waals surface area contributed by atoms with E-state index in [0.717, 1.165) is 16.8 Å². The minimum atomic E-state index is -3.59. The second kappa shape index (κ2) is 10.0. The third-order valence-electron chi connectivity index (χ3n) is 4.43. The van der Waals surface area contributed by atoms with Gasteiger partial charge in [-0.25, -0.2) is 13.4 Å². The van der Waals surface area contributed by atoms with Crippen LogP contribution in [0.5, 0.6) is 0 Å². The zero-order valence-corrected chi connectivity index (χ0v) is 19.2. The fraction of sp³-hybridized carbons (Fsp3) is 0.429. The molecule has 1 N–H and O–H groups in total. The number of aromatic nitrogens is 2. The van der Waals surface area contributed by atoms with Crippen molar-refractivity contribution in [3.05, 3.63) is 59.9 Å². The van der Waals surface area contributed by atoms with Crippen LogP contribution in [0, 0.1) is 6.92 Å². The van der Waals surface area contributed by atoms with E-state index >= 15 is 0 Å². The summed E-state index contributed by atoms with van der Waals surface area (Å²) in [5.41, 5.74) is 2.64. The fourth-order valence-corrected chi connectivity index (χ4v) is 4.96. The summed E-state index contributed by atoms with van der Waals surface area (Å²) >= 11 is 5.44. The van der Waals surface area contributed by atoms with Crippen LogP contribution in [-0.4, -0.2) is 41.1 Å². The molecule has 1 aromatic carbocycles. The van der Waals surface area contributed by atoms with Crippen molar-refractivity contribution in [1.82, 2.24) is 19.8 Å². The molecule has 29 heavy (non-hydrogen) atoms. The molecule has 1 aromatic heterocycles. The Morgan fingerprint density at radius 3 is 2.55 bits per heavy atom. The lowest BCUT2D eigenvalue weighted by Gasteiger charge is -2.25. The number of thiocarbonyl (C=S) groups is 1. The Bertz CT molecular complexity index is 948. The maximum atomic E-state index is 13.1. The summed E-state index contributed by atoms with van der Waals surface area (Å²) in [5.74, 6) is -0.0807. The highest BCUT2D eigenvalue weighted by Crippen LogP contribution is 2.23. The Balaban J connectivity index is 2.37. The predicted molar refractivity (Wildman–Crippen MR) is 122 cm³/mol. The molecule has 0 saturated heterocycles. The van der Waals surface area contributed by atoms with Crippen molar-refractivity contribution in [2.24, 2.45) is 0 Å². The second-order valence-electron chi connectivity index (χ2n) is 7.25. The number of imidazole rings is 1. The number of nitrogens with zero attached hydrogens (tertiary/aromatic N) is 3. The topological polar surface area (TPSA) is 67.2 Å². The minimum Gasteiger partial charge on any atom is -0.363 e. The predicted octanol–water partition coefficient (Wildman–Crippen LogP) is 3.63. The van der Waals surface area contributed by atoms with E-state index in [9.17, 15) is 8.42 Å². The van der Waals surface area contributed by atoms with E-state index in [4.69, 9.17) is 12.2 Å². The molecule has 0 amide bonds. The Kier molecular flexibility index (Phi) is 7.98. The summed E-state index contributed by atoms with van der Waals surface area (Å²) in [6, 6.07) is 7.46. The largest absolute Gasteiger partial charge is 0.363 e. The van der Waals surface area contributed by atoms with E-state index in [1.807, 2.05) is 56.9 Å². The average Bonchev–Trinajstić information content (AvgIpc) is 3.08. The quantitative estimate of drug-likeness (QED) is 0.480. The first-order chi connectivity index (χ1) is 13.7. The molecule has 158 valence electrons. The molecule has 2 aromatic rings. The molecule has 0 aliphatic carbocycles. The molecule has 0 aliphatic rings. The zero-order chi connectivity index (χ0) is 21.6. The van der Waals surface area contributed by atoms with Crippen LogP contribution in [0.3, 0.4) is 0 Å². The lowest BCUT2D eigenvalue weighted by molar-refractivity contribution is 0.411. The number of benzene rings is 1. The second-order valence-corrected chi connectivity index (χ2v) is 9.52. The van der Waals surface area contributed by atoms with Crippen LogP contribution in [0.15, 0.2) is 48.3 Å². The Hall–Kier alpha value is -2.19. The summed E-state index contributed by atoms with van der Waals surface area (Å²) in [5, 5.41) is 3.83. The smallest absolute Gasteiger partial charge is 0.228 e. The van der Waals surface area contributed by atoms with E-state index in [1.165, 1.54) is 0 Å². The number of hydrogen-bond acceptors (Lipinski definition) is 4. The number of sulfone groups is 1. The molecule has 6 nitrogen and oxygen atoms in total. The van der Waals surface area contributed by atoms with Crippen molar-refractivity contribution in [1.29, 1.82) is 0 Å². The van der Waals surface area contributed by atoms with E-state index in [-0.39, 0.29) is 17.0 Å². The molecule has 0 bridgehead atoms. The van der Waals surface area contributed by atoms with E-state index in [0.29, 0.717) is 24.7 Å². The molecule has 0 unspecified atom stereocenters. The molecule has 1 heterocycles. The molecule has 0 atom stereocenters. The average molecular weight is 435 g/mol. The van der Waals surface area contributed by atoms with Crippen molar-refractivity contribution in [3.63, 3.8) is 0 Å². The van der Waals surface area contributed by atoms with Crippen molar-refractivity contribution >= 4 is 27.2 Å². The van der Waals surface area contributed by atoms with Crippen LogP contribution in [0.4, 0.5) is 0 Å². The third-order valence-corrected chi connectivity index (χ3v) is 6.40. The van der Waals surface area contributed by atoms with Gasteiger partial charge >= 0.3 is 0 Å². The van der Waals surface area contributed by atoms with Gasteiger partial charge in [0.05, 0.1) is 24.2 Å².